The summed E-state index contributed by atoms with van der Waals surface area (Å²) in [5, 5.41) is 6.11. The van der Waals surface area contributed by atoms with E-state index in [4.69, 9.17) is 23.2 Å². The molecule has 0 heterocycles. The van der Waals surface area contributed by atoms with Crippen LogP contribution in [0.2, 0.25) is 10.0 Å². The second-order valence-electron chi connectivity index (χ2n) is 4.16. The maximum atomic E-state index is 11.7. The number of benzene rings is 1. The van der Waals surface area contributed by atoms with Crippen LogP contribution >= 0.6 is 23.2 Å². The van der Waals surface area contributed by atoms with Gasteiger partial charge < -0.3 is 10.2 Å². The number of nitrogens with one attached hydrogen (secondary N) is 2. The van der Waals surface area contributed by atoms with Gasteiger partial charge in [-0.3, -0.25) is 14.9 Å². The van der Waals surface area contributed by atoms with Crippen LogP contribution in [0, 0.1) is 0 Å². The van der Waals surface area contributed by atoms with Crippen molar-refractivity contribution in [3.63, 3.8) is 0 Å². The second kappa shape index (κ2) is 8.09. The second-order valence-corrected chi connectivity index (χ2v) is 4.97. The van der Waals surface area contributed by atoms with Crippen molar-refractivity contribution in [2.45, 2.75) is 6.92 Å². The highest BCUT2D eigenvalue weighted by Crippen LogP contribution is 2.29. The van der Waals surface area contributed by atoms with Crippen molar-refractivity contribution in [1.29, 1.82) is 0 Å². The minimum atomic E-state index is -0.313. The first-order chi connectivity index (χ1) is 9.45. The Morgan fingerprint density at radius 1 is 1.20 bits per heavy atom. The fourth-order valence-electron chi connectivity index (χ4n) is 1.40. The molecule has 0 unspecified atom stereocenters. The fraction of sp³-hybridized carbons (Fsp3) is 0.385. The van der Waals surface area contributed by atoms with Crippen LogP contribution in [0.1, 0.15) is 6.92 Å². The molecule has 0 saturated carbocycles. The fourth-order valence-corrected chi connectivity index (χ4v) is 1.89. The molecule has 0 aliphatic carbocycles. The number of nitrogens with zero attached hydrogens (tertiary/aromatic N) is 1. The Bertz CT molecular complexity index is 474. The third-order valence-corrected chi connectivity index (χ3v) is 3.32. The molecule has 0 aliphatic heterocycles. The van der Waals surface area contributed by atoms with Crippen LogP contribution in [0.15, 0.2) is 18.2 Å². The largest absolute Gasteiger partial charge is 0.345 e. The molecular formula is C13H17Cl2N3O2. The maximum absolute atomic E-state index is 11.7. The number of amides is 2. The van der Waals surface area contributed by atoms with E-state index in [9.17, 15) is 9.59 Å². The summed E-state index contributed by atoms with van der Waals surface area (Å²) in [5.41, 5.74) is 0.375. The summed E-state index contributed by atoms with van der Waals surface area (Å²) in [6.45, 7) is 2.62. The van der Waals surface area contributed by atoms with E-state index in [1.807, 2.05) is 6.92 Å². The summed E-state index contributed by atoms with van der Waals surface area (Å²) in [6, 6.07) is 4.96. The summed E-state index contributed by atoms with van der Waals surface area (Å²) in [6.07, 6.45) is 0. The molecule has 0 aliphatic rings. The van der Waals surface area contributed by atoms with Gasteiger partial charge in [0.2, 0.25) is 11.8 Å². The third-order valence-electron chi connectivity index (χ3n) is 2.69. The normalized spacial score (nSPS) is 10.2. The van der Waals surface area contributed by atoms with Crippen LogP contribution in [0.25, 0.3) is 0 Å². The van der Waals surface area contributed by atoms with Crippen LogP contribution in [-0.2, 0) is 9.59 Å². The molecule has 2 N–H and O–H groups in total. The van der Waals surface area contributed by atoms with Gasteiger partial charge in [-0.2, -0.15) is 0 Å². The molecular weight excluding hydrogens is 301 g/mol. The van der Waals surface area contributed by atoms with Gasteiger partial charge in [-0.05, 0) is 19.1 Å². The number of carbonyl (C=O) groups excluding carboxylic acids is 2. The van der Waals surface area contributed by atoms with Gasteiger partial charge in [0.25, 0.3) is 0 Å². The van der Waals surface area contributed by atoms with Crippen molar-refractivity contribution in [3.05, 3.63) is 28.2 Å². The molecule has 7 heteroatoms. The molecule has 0 fully saturated rings. The zero-order valence-corrected chi connectivity index (χ0v) is 12.9. The van der Waals surface area contributed by atoms with Crippen molar-refractivity contribution in [2.24, 2.45) is 0 Å². The summed E-state index contributed by atoms with van der Waals surface area (Å²) in [4.78, 5) is 24.8. The van der Waals surface area contributed by atoms with Crippen molar-refractivity contribution in [1.82, 2.24) is 10.2 Å². The molecule has 2 amide bonds. The van der Waals surface area contributed by atoms with E-state index < -0.39 is 0 Å². The van der Waals surface area contributed by atoms with Crippen LogP contribution in [0.4, 0.5) is 5.69 Å². The maximum Gasteiger partial charge on any atom is 0.238 e. The lowest BCUT2D eigenvalue weighted by Gasteiger charge is -2.14. The molecule has 0 spiro atoms. The van der Waals surface area contributed by atoms with E-state index in [0.717, 1.165) is 0 Å². The molecule has 0 atom stereocenters. The van der Waals surface area contributed by atoms with Gasteiger partial charge >= 0.3 is 0 Å². The number of halogens is 2. The number of carbonyl (C=O) groups is 2. The molecule has 20 heavy (non-hydrogen) atoms. The Kier molecular flexibility index (Phi) is 6.78. The van der Waals surface area contributed by atoms with E-state index >= 15 is 0 Å². The number of anilines is 1. The van der Waals surface area contributed by atoms with E-state index in [1.165, 1.54) is 0 Å². The molecule has 110 valence electrons. The SMILES string of the molecule is CCN(C)C(=O)CNCC(=O)Nc1c(Cl)cccc1Cl. The Labute approximate surface area is 128 Å². The predicted molar refractivity (Wildman–Crippen MR) is 81.3 cm³/mol. The number of para-hydroxylation sites is 1. The van der Waals surface area contributed by atoms with Crippen molar-refractivity contribution >= 4 is 40.7 Å². The van der Waals surface area contributed by atoms with Gasteiger partial charge in [0.1, 0.15) is 0 Å². The van der Waals surface area contributed by atoms with Gasteiger partial charge in [-0.25, -0.2) is 0 Å². The minimum absolute atomic E-state index is 0.00481. The Morgan fingerprint density at radius 3 is 2.35 bits per heavy atom. The Hall–Kier alpha value is -1.30. The highest BCUT2D eigenvalue weighted by Gasteiger charge is 2.10. The zero-order chi connectivity index (χ0) is 15.1. The average molecular weight is 318 g/mol. The lowest BCUT2D eigenvalue weighted by Crippen LogP contribution is -2.38. The number of likely N-dealkylation sites (N-methyl/N-ethyl adjacent to an activating group) is 1. The van der Waals surface area contributed by atoms with E-state index in [1.54, 1.807) is 30.1 Å². The quantitative estimate of drug-likeness (QED) is 0.843. The average Bonchev–Trinajstić information content (AvgIpc) is 2.42. The molecule has 0 bridgehead atoms. The highest BCUT2D eigenvalue weighted by molar-refractivity contribution is 6.39. The summed E-state index contributed by atoms with van der Waals surface area (Å²) in [7, 11) is 1.70. The van der Waals surface area contributed by atoms with Crippen LogP contribution in [0.5, 0.6) is 0 Å². The molecule has 1 aromatic rings. The van der Waals surface area contributed by atoms with Crippen LogP contribution < -0.4 is 10.6 Å². The Balaban J connectivity index is 2.43. The highest BCUT2D eigenvalue weighted by atomic mass is 35.5. The standard InChI is InChI=1S/C13H17Cl2N3O2/c1-3-18(2)12(20)8-16-7-11(19)17-13-9(14)5-4-6-10(13)15/h4-6,16H,3,7-8H2,1-2H3,(H,17,19). The molecule has 1 aromatic carbocycles. The number of hydrogen-bond acceptors (Lipinski definition) is 3. The van der Waals surface area contributed by atoms with Gasteiger partial charge in [0.05, 0.1) is 28.8 Å². The number of rotatable bonds is 6. The predicted octanol–water partition coefficient (Wildman–Crippen LogP) is 2.00. The van der Waals surface area contributed by atoms with Crippen molar-refractivity contribution in [2.75, 3.05) is 32.0 Å². The zero-order valence-electron chi connectivity index (χ0n) is 11.4. The molecule has 0 aromatic heterocycles. The third kappa shape index (κ3) is 5.00. The van der Waals surface area contributed by atoms with Gasteiger partial charge in [-0.1, -0.05) is 29.3 Å². The van der Waals surface area contributed by atoms with Crippen LogP contribution in [0.3, 0.4) is 0 Å². The van der Waals surface area contributed by atoms with E-state index in [2.05, 4.69) is 10.6 Å². The first kappa shape index (κ1) is 16.8. The molecule has 5 nitrogen and oxygen atoms in total. The van der Waals surface area contributed by atoms with Gasteiger partial charge in [0.15, 0.2) is 0 Å². The molecule has 0 radical (unpaired) electrons. The van der Waals surface area contributed by atoms with Crippen molar-refractivity contribution < 1.29 is 9.59 Å². The first-order valence-electron chi connectivity index (χ1n) is 6.14. The van der Waals surface area contributed by atoms with E-state index in [0.29, 0.717) is 22.3 Å². The van der Waals surface area contributed by atoms with Gasteiger partial charge in [-0.15, -0.1) is 0 Å². The number of hydrogen-bond donors (Lipinski definition) is 2. The molecule has 0 saturated heterocycles. The topological polar surface area (TPSA) is 61.4 Å². The Morgan fingerprint density at radius 2 is 1.80 bits per heavy atom. The van der Waals surface area contributed by atoms with Gasteiger partial charge in [0, 0.05) is 13.6 Å². The lowest BCUT2D eigenvalue weighted by molar-refractivity contribution is -0.128. The molecule has 1 rings (SSSR count). The monoisotopic (exact) mass is 317 g/mol. The van der Waals surface area contributed by atoms with Crippen LogP contribution in [-0.4, -0.2) is 43.4 Å². The summed E-state index contributed by atoms with van der Waals surface area (Å²) in [5.74, 6) is -0.386. The van der Waals surface area contributed by atoms with Crippen molar-refractivity contribution in [3.8, 4) is 0 Å². The smallest absolute Gasteiger partial charge is 0.238 e. The first-order valence-corrected chi connectivity index (χ1v) is 6.89. The summed E-state index contributed by atoms with van der Waals surface area (Å²) >= 11 is 11.9. The van der Waals surface area contributed by atoms with E-state index in [-0.39, 0.29) is 24.9 Å². The minimum Gasteiger partial charge on any atom is -0.345 e. The lowest BCUT2D eigenvalue weighted by atomic mass is 10.3. The summed E-state index contributed by atoms with van der Waals surface area (Å²) < 4.78 is 0.